The SMILES string of the molecule is CCc1ccc2nc(N3CCN(S(=O)(=O)c4ccc(OC)c(OC)c4)CC3)sc2c1. The summed E-state index contributed by atoms with van der Waals surface area (Å²) >= 11 is 1.66. The molecular weight excluding hydrogens is 422 g/mol. The minimum Gasteiger partial charge on any atom is -0.493 e. The Kier molecular flexibility index (Phi) is 5.86. The number of aromatic nitrogens is 1. The van der Waals surface area contributed by atoms with Crippen LogP contribution in [0.25, 0.3) is 10.2 Å². The molecular formula is C21H25N3O4S2. The van der Waals surface area contributed by atoms with Crippen LogP contribution >= 0.6 is 11.3 Å². The van der Waals surface area contributed by atoms with Crippen molar-refractivity contribution in [1.29, 1.82) is 0 Å². The van der Waals surface area contributed by atoms with Crippen molar-refractivity contribution < 1.29 is 17.9 Å². The Bertz CT molecular complexity index is 1150. The molecule has 2 heterocycles. The number of aryl methyl sites for hydroxylation is 1. The first-order valence-electron chi connectivity index (χ1n) is 9.83. The standard InChI is InChI=1S/C21H25N3O4S2/c1-4-15-5-7-17-20(13-15)29-21(22-17)23-9-11-24(12-10-23)30(25,26)16-6-8-18(27-2)19(14-16)28-3/h5-8,13-14H,4,9-12H2,1-3H3. The van der Waals surface area contributed by atoms with Crippen LogP contribution in [0.2, 0.25) is 0 Å². The fourth-order valence-corrected chi connectivity index (χ4v) is 6.08. The Morgan fingerprint density at radius 3 is 2.40 bits per heavy atom. The van der Waals surface area contributed by atoms with E-state index in [2.05, 4.69) is 30.0 Å². The molecule has 0 bridgehead atoms. The summed E-state index contributed by atoms with van der Waals surface area (Å²) in [6.07, 6.45) is 0.996. The number of hydrogen-bond acceptors (Lipinski definition) is 7. The summed E-state index contributed by atoms with van der Waals surface area (Å²) in [7, 11) is -0.586. The van der Waals surface area contributed by atoms with Gasteiger partial charge in [-0.05, 0) is 36.2 Å². The van der Waals surface area contributed by atoms with E-state index in [1.807, 2.05) is 0 Å². The Morgan fingerprint density at radius 2 is 1.73 bits per heavy atom. The highest BCUT2D eigenvalue weighted by molar-refractivity contribution is 7.89. The molecule has 0 aliphatic carbocycles. The molecule has 160 valence electrons. The summed E-state index contributed by atoms with van der Waals surface area (Å²) in [5.41, 5.74) is 2.29. The van der Waals surface area contributed by atoms with Crippen molar-refractivity contribution in [3.63, 3.8) is 0 Å². The predicted molar refractivity (Wildman–Crippen MR) is 120 cm³/mol. The van der Waals surface area contributed by atoms with Crippen molar-refractivity contribution in [2.45, 2.75) is 18.2 Å². The molecule has 4 rings (SSSR count). The zero-order valence-corrected chi connectivity index (χ0v) is 18.9. The van der Waals surface area contributed by atoms with Crippen molar-refractivity contribution in [2.75, 3.05) is 45.3 Å². The molecule has 1 saturated heterocycles. The summed E-state index contributed by atoms with van der Waals surface area (Å²) in [5, 5.41) is 0.946. The van der Waals surface area contributed by atoms with Gasteiger partial charge in [0.05, 0.1) is 29.3 Å². The third-order valence-electron chi connectivity index (χ3n) is 5.35. The molecule has 0 atom stereocenters. The highest BCUT2D eigenvalue weighted by atomic mass is 32.2. The molecule has 3 aromatic rings. The first-order valence-corrected chi connectivity index (χ1v) is 12.1. The van der Waals surface area contributed by atoms with Crippen LogP contribution in [-0.2, 0) is 16.4 Å². The van der Waals surface area contributed by atoms with Gasteiger partial charge in [-0.15, -0.1) is 0 Å². The monoisotopic (exact) mass is 447 g/mol. The molecule has 1 fully saturated rings. The number of ether oxygens (including phenoxy) is 2. The van der Waals surface area contributed by atoms with Crippen LogP contribution in [0.15, 0.2) is 41.3 Å². The van der Waals surface area contributed by atoms with Crippen molar-refractivity contribution in [2.24, 2.45) is 0 Å². The lowest BCUT2D eigenvalue weighted by Crippen LogP contribution is -2.48. The predicted octanol–water partition coefficient (Wildman–Crippen LogP) is 3.39. The van der Waals surface area contributed by atoms with E-state index in [1.165, 1.54) is 34.9 Å². The number of hydrogen-bond donors (Lipinski definition) is 0. The number of piperazine rings is 1. The van der Waals surface area contributed by atoms with Crippen LogP contribution in [0, 0.1) is 0 Å². The van der Waals surface area contributed by atoms with E-state index >= 15 is 0 Å². The summed E-state index contributed by atoms with van der Waals surface area (Å²) in [5.74, 6) is 0.904. The van der Waals surface area contributed by atoms with Crippen LogP contribution in [-0.4, -0.2) is 58.1 Å². The van der Waals surface area contributed by atoms with E-state index < -0.39 is 10.0 Å². The second kappa shape index (κ2) is 8.41. The van der Waals surface area contributed by atoms with Crippen molar-refractivity contribution in [3.8, 4) is 11.5 Å². The minimum atomic E-state index is -3.60. The lowest BCUT2D eigenvalue weighted by molar-refractivity contribution is 0.353. The summed E-state index contributed by atoms with van der Waals surface area (Å²) in [6, 6.07) is 11.1. The summed E-state index contributed by atoms with van der Waals surface area (Å²) in [4.78, 5) is 7.12. The van der Waals surface area contributed by atoms with E-state index in [0.29, 0.717) is 37.7 Å². The number of thiazole rings is 1. The van der Waals surface area contributed by atoms with Gasteiger partial charge in [0.2, 0.25) is 10.0 Å². The third kappa shape index (κ3) is 3.84. The summed E-state index contributed by atoms with van der Waals surface area (Å²) < 4.78 is 39.4. The maximum atomic E-state index is 13.1. The molecule has 7 nitrogen and oxygen atoms in total. The van der Waals surface area contributed by atoms with Gasteiger partial charge in [0.15, 0.2) is 16.6 Å². The quantitative estimate of drug-likeness (QED) is 0.577. The zero-order chi connectivity index (χ0) is 21.3. The first-order chi connectivity index (χ1) is 14.5. The maximum absolute atomic E-state index is 13.1. The average molecular weight is 448 g/mol. The van der Waals surface area contributed by atoms with Gasteiger partial charge >= 0.3 is 0 Å². The molecule has 1 aromatic heterocycles. The maximum Gasteiger partial charge on any atom is 0.243 e. The number of methoxy groups -OCH3 is 2. The molecule has 1 aliphatic heterocycles. The largest absolute Gasteiger partial charge is 0.493 e. The van der Waals surface area contributed by atoms with Crippen molar-refractivity contribution >= 4 is 36.7 Å². The van der Waals surface area contributed by atoms with Gasteiger partial charge in [0.1, 0.15) is 0 Å². The molecule has 0 unspecified atom stereocenters. The van der Waals surface area contributed by atoms with E-state index in [-0.39, 0.29) is 4.90 Å². The number of benzene rings is 2. The van der Waals surface area contributed by atoms with Crippen LogP contribution in [0.4, 0.5) is 5.13 Å². The highest BCUT2D eigenvalue weighted by Gasteiger charge is 2.30. The zero-order valence-electron chi connectivity index (χ0n) is 17.3. The van der Waals surface area contributed by atoms with Gasteiger partial charge in [-0.2, -0.15) is 4.31 Å². The number of sulfonamides is 1. The second-order valence-corrected chi connectivity index (χ2v) is 10.0. The fourth-order valence-electron chi connectivity index (χ4n) is 3.56. The lowest BCUT2D eigenvalue weighted by Gasteiger charge is -2.33. The number of nitrogens with zero attached hydrogens (tertiary/aromatic N) is 3. The van der Waals surface area contributed by atoms with Gasteiger partial charge in [-0.3, -0.25) is 0 Å². The van der Waals surface area contributed by atoms with Gasteiger partial charge in [-0.25, -0.2) is 13.4 Å². The van der Waals surface area contributed by atoms with E-state index in [0.717, 1.165) is 17.1 Å². The Labute approximate surface area is 180 Å². The van der Waals surface area contributed by atoms with E-state index in [1.54, 1.807) is 23.5 Å². The molecule has 0 spiro atoms. The van der Waals surface area contributed by atoms with Crippen LogP contribution in [0.1, 0.15) is 12.5 Å². The molecule has 1 aliphatic rings. The first kappa shape index (κ1) is 20.9. The second-order valence-electron chi connectivity index (χ2n) is 7.06. The number of fused-ring (bicyclic) bond motifs is 1. The molecule has 2 aromatic carbocycles. The topological polar surface area (TPSA) is 72.0 Å². The van der Waals surface area contributed by atoms with E-state index in [9.17, 15) is 8.42 Å². The normalized spacial score (nSPS) is 15.5. The number of anilines is 1. The van der Waals surface area contributed by atoms with E-state index in [4.69, 9.17) is 14.5 Å². The smallest absolute Gasteiger partial charge is 0.243 e. The van der Waals surface area contributed by atoms with Crippen molar-refractivity contribution in [3.05, 3.63) is 42.0 Å². The summed E-state index contributed by atoms with van der Waals surface area (Å²) in [6.45, 7) is 4.17. The van der Waals surface area contributed by atoms with Crippen LogP contribution in [0.5, 0.6) is 11.5 Å². The third-order valence-corrected chi connectivity index (χ3v) is 8.33. The lowest BCUT2D eigenvalue weighted by atomic mass is 10.2. The molecule has 9 heteroatoms. The van der Waals surface area contributed by atoms with Gasteiger partial charge in [-0.1, -0.05) is 24.3 Å². The fraction of sp³-hybridized carbons (Fsp3) is 0.381. The van der Waals surface area contributed by atoms with Crippen molar-refractivity contribution in [1.82, 2.24) is 9.29 Å². The Morgan fingerprint density at radius 1 is 1.00 bits per heavy atom. The molecule has 0 amide bonds. The van der Waals surface area contributed by atoms with Crippen LogP contribution < -0.4 is 14.4 Å². The van der Waals surface area contributed by atoms with Gasteiger partial charge < -0.3 is 14.4 Å². The average Bonchev–Trinajstić information content (AvgIpc) is 3.21. The Hall–Kier alpha value is -2.36. The van der Waals surface area contributed by atoms with Gasteiger partial charge in [0, 0.05) is 32.2 Å². The van der Waals surface area contributed by atoms with Gasteiger partial charge in [0.25, 0.3) is 0 Å². The minimum absolute atomic E-state index is 0.209. The van der Waals surface area contributed by atoms with Crippen LogP contribution in [0.3, 0.4) is 0 Å². The molecule has 0 saturated carbocycles. The Balaban J connectivity index is 1.50. The highest BCUT2D eigenvalue weighted by Crippen LogP contribution is 2.33. The number of rotatable bonds is 6. The molecule has 0 N–H and O–H groups in total. The molecule has 30 heavy (non-hydrogen) atoms. The molecule has 0 radical (unpaired) electrons.